The molecule has 0 aliphatic rings. The van der Waals surface area contributed by atoms with Crippen LogP contribution in [0.25, 0.3) is 0 Å². The molecule has 1 unspecified atom stereocenters. The molecular formula is C7H11O2. The molecule has 0 bridgehead atoms. The van der Waals surface area contributed by atoms with Crippen molar-refractivity contribution in [1.82, 2.24) is 0 Å². The van der Waals surface area contributed by atoms with Crippen molar-refractivity contribution in [2.24, 2.45) is 5.92 Å². The minimum atomic E-state index is -0.986. The molecule has 2 heteroatoms. The van der Waals surface area contributed by atoms with Gasteiger partial charge in [-0.15, -0.1) is 0 Å². The molecule has 2 nitrogen and oxygen atoms in total. The van der Waals surface area contributed by atoms with Crippen molar-refractivity contribution in [2.45, 2.75) is 20.3 Å². The quantitative estimate of drug-likeness (QED) is 0.530. The fraction of sp³-hybridized carbons (Fsp3) is 0.571. The number of hydrogen-bond donors (Lipinski definition) is 0. The molecule has 0 aromatic heterocycles. The second-order valence-electron chi connectivity index (χ2n) is 2.08. The van der Waals surface area contributed by atoms with Crippen LogP contribution in [-0.2, 0) is 9.90 Å². The van der Waals surface area contributed by atoms with Crippen molar-refractivity contribution in [3.8, 4) is 0 Å². The zero-order valence-electron chi connectivity index (χ0n) is 5.76. The zero-order valence-corrected chi connectivity index (χ0v) is 5.76. The van der Waals surface area contributed by atoms with Gasteiger partial charge < -0.3 is 0 Å². The summed E-state index contributed by atoms with van der Waals surface area (Å²) >= 11 is 0. The van der Waals surface area contributed by atoms with Gasteiger partial charge in [-0.3, -0.25) is 0 Å². The van der Waals surface area contributed by atoms with Crippen molar-refractivity contribution < 1.29 is 9.90 Å². The van der Waals surface area contributed by atoms with Gasteiger partial charge in [0, 0.05) is 0 Å². The van der Waals surface area contributed by atoms with Crippen molar-refractivity contribution in [3.63, 3.8) is 0 Å². The summed E-state index contributed by atoms with van der Waals surface area (Å²) in [6, 6.07) is 0. The molecule has 9 heavy (non-hydrogen) atoms. The first-order valence-electron chi connectivity index (χ1n) is 2.99. The molecule has 0 saturated carbocycles. The van der Waals surface area contributed by atoms with Gasteiger partial charge in [0.2, 0.25) is 0 Å². The number of rotatable bonds is 3. The second kappa shape index (κ2) is 4.13. The summed E-state index contributed by atoms with van der Waals surface area (Å²) in [4.78, 5) is 9.94. The first-order chi connectivity index (χ1) is 4.16. The normalized spacial score (nSPS) is 14.0. The van der Waals surface area contributed by atoms with Crippen LogP contribution in [0.5, 0.6) is 0 Å². The van der Waals surface area contributed by atoms with Gasteiger partial charge >= 0.3 is 5.97 Å². The summed E-state index contributed by atoms with van der Waals surface area (Å²) in [5.74, 6) is -0.888. The maximum absolute atomic E-state index is 9.94. The highest BCUT2D eigenvalue weighted by molar-refractivity contribution is 5.66. The largest absolute Gasteiger partial charge is 0.356 e. The molecule has 1 radical (unpaired) electrons. The van der Waals surface area contributed by atoms with Crippen LogP contribution in [0.15, 0.2) is 12.2 Å². The molecule has 0 fully saturated rings. The molecule has 0 aliphatic heterocycles. The summed E-state index contributed by atoms with van der Waals surface area (Å²) < 4.78 is 0. The van der Waals surface area contributed by atoms with Crippen LogP contribution in [0.2, 0.25) is 0 Å². The van der Waals surface area contributed by atoms with Gasteiger partial charge in [0.15, 0.2) is 0 Å². The molecular weight excluding hydrogens is 116 g/mol. The molecule has 1 atom stereocenters. The summed E-state index contributed by atoms with van der Waals surface area (Å²) in [5.41, 5.74) is 0. The number of hydrogen-bond acceptors (Lipinski definition) is 1. The van der Waals surface area contributed by atoms with Crippen LogP contribution in [-0.4, -0.2) is 5.97 Å². The molecule has 0 rings (SSSR count). The third-order valence-corrected chi connectivity index (χ3v) is 1.01. The van der Waals surface area contributed by atoms with Crippen molar-refractivity contribution in [1.29, 1.82) is 0 Å². The van der Waals surface area contributed by atoms with Crippen LogP contribution < -0.4 is 0 Å². The highest BCUT2D eigenvalue weighted by Crippen LogP contribution is 2.02. The summed E-state index contributed by atoms with van der Waals surface area (Å²) in [7, 11) is 0. The molecule has 0 heterocycles. The van der Waals surface area contributed by atoms with E-state index >= 15 is 0 Å². The van der Waals surface area contributed by atoms with Crippen molar-refractivity contribution >= 4 is 5.97 Å². The van der Waals surface area contributed by atoms with E-state index in [0.717, 1.165) is 0 Å². The summed E-state index contributed by atoms with van der Waals surface area (Å²) in [6.45, 7) is 3.71. The fourth-order valence-electron chi connectivity index (χ4n) is 0.659. The maximum atomic E-state index is 9.94. The monoisotopic (exact) mass is 127 g/mol. The third-order valence-electron chi connectivity index (χ3n) is 1.01. The lowest BCUT2D eigenvalue weighted by molar-refractivity contribution is -0.143. The Morgan fingerprint density at radius 2 is 2.22 bits per heavy atom. The van der Waals surface area contributed by atoms with Crippen LogP contribution in [0.3, 0.4) is 0 Å². The maximum Gasteiger partial charge on any atom is 0.356 e. The average Bonchev–Trinajstić information content (AvgIpc) is 1.63. The van der Waals surface area contributed by atoms with Crippen LogP contribution in [0.1, 0.15) is 20.3 Å². The Morgan fingerprint density at radius 3 is 2.56 bits per heavy atom. The summed E-state index contributed by atoms with van der Waals surface area (Å²) in [5, 5.41) is 9.94. The van der Waals surface area contributed by atoms with E-state index in [1.807, 2.05) is 26.0 Å². The van der Waals surface area contributed by atoms with Crippen molar-refractivity contribution in [3.05, 3.63) is 12.2 Å². The van der Waals surface area contributed by atoms with Crippen LogP contribution >= 0.6 is 0 Å². The van der Waals surface area contributed by atoms with E-state index in [4.69, 9.17) is 0 Å². The Labute approximate surface area is 55.2 Å². The molecule has 0 aliphatic carbocycles. The zero-order chi connectivity index (χ0) is 7.28. The van der Waals surface area contributed by atoms with E-state index in [1.54, 1.807) is 0 Å². The Kier molecular flexibility index (Phi) is 3.76. The van der Waals surface area contributed by atoms with Gasteiger partial charge in [0.25, 0.3) is 0 Å². The lowest BCUT2D eigenvalue weighted by atomic mass is 10.1. The lowest BCUT2D eigenvalue weighted by Crippen LogP contribution is -1.99. The van der Waals surface area contributed by atoms with Gasteiger partial charge in [-0.05, 0) is 12.8 Å². The molecule has 0 aromatic carbocycles. The molecule has 0 N–H and O–H groups in total. The van der Waals surface area contributed by atoms with E-state index < -0.39 is 5.97 Å². The van der Waals surface area contributed by atoms with Gasteiger partial charge in [0.1, 0.15) is 0 Å². The Hall–Kier alpha value is -0.790. The van der Waals surface area contributed by atoms with Gasteiger partial charge in [0.05, 0.1) is 6.42 Å². The predicted molar refractivity (Wildman–Crippen MR) is 34.3 cm³/mol. The lowest BCUT2D eigenvalue weighted by Gasteiger charge is -1.96. The van der Waals surface area contributed by atoms with Crippen LogP contribution in [0, 0.1) is 5.92 Å². The van der Waals surface area contributed by atoms with Gasteiger partial charge in [-0.1, -0.05) is 19.1 Å². The van der Waals surface area contributed by atoms with Crippen LogP contribution in [0.4, 0.5) is 0 Å². The number of allylic oxidation sites excluding steroid dienone is 2. The van der Waals surface area contributed by atoms with E-state index in [-0.39, 0.29) is 12.3 Å². The molecule has 0 saturated heterocycles. The summed E-state index contributed by atoms with van der Waals surface area (Å²) in [6.07, 6.45) is 3.80. The highest BCUT2D eigenvalue weighted by atomic mass is 16.4. The fourth-order valence-corrected chi connectivity index (χ4v) is 0.659. The number of carbonyl (C=O) groups excluding carboxylic acids is 1. The van der Waals surface area contributed by atoms with Crippen molar-refractivity contribution in [2.75, 3.05) is 0 Å². The van der Waals surface area contributed by atoms with Gasteiger partial charge in [-0.2, -0.15) is 0 Å². The molecule has 51 valence electrons. The Bertz CT molecular complexity index is 116. The third kappa shape index (κ3) is 5.07. The Morgan fingerprint density at radius 1 is 1.67 bits per heavy atom. The predicted octanol–water partition coefficient (Wildman–Crippen LogP) is 1.55. The Balaban J connectivity index is 3.50. The van der Waals surface area contributed by atoms with Gasteiger partial charge in [-0.25, -0.2) is 9.90 Å². The van der Waals surface area contributed by atoms with E-state index in [9.17, 15) is 9.90 Å². The molecule has 0 aromatic rings. The first-order valence-corrected chi connectivity index (χ1v) is 2.99. The average molecular weight is 127 g/mol. The standard InChI is InChI=1S/C7H11O2/c1-3-4-6(2)5-7(8)9/h3-4,6H,5H2,1-2H3/b4-3+. The first kappa shape index (κ1) is 8.21. The number of carbonyl (C=O) groups is 1. The minimum Gasteiger partial charge on any atom is -0.247 e. The molecule has 0 amide bonds. The minimum absolute atomic E-state index is 0.0972. The second-order valence-corrected chi connectivity index (χ2v) is 2.08. The SMILES string of the molecule is C/C=C/C(C)CC([O])=O. The van der Waals surface area contributed by atoms with E-state index in [2.05, 4.69) is 0 Å². The smallest absolute Gasteiger partial charge is 0.247 e. The molecule has 0 spiro atoms. The topological polar surface area (TPSA) is 37.0 Å². The highest BCUT2D eigenvalue weighted by Gasteiger charge is 2.03. The van der Waals surface area contributed by atoms with E-state index in [0.29, 0.717) is 0 Å². The van der Waals surface area contributed by atoms with E-state index in [1.165, 1.54) is 0 Å².